The molecule has 4 rings (SSSR count). The fraction of sp³-hybridized carbons (Fsp3) is 0.629. The van der Waals surface area contributed by atoms with Gasteiger partial charge in [0.05, 0.1) is 11.2 Å². The summed E-state index contributed by atoms with van der Waals surface area (Å²) in [6.45, 7) is 5.89. The Morgan fingerprint density at radius 1 is 0.675 bits per heavy atom. The standard InChI is InChI=1S/C35H50O5/c1-34(29-17-5-3-6-18-29,39-32-23-11-15-27-37-32)25-13-9-21-31(36)22-10-14-26-35(2,30-19-7-4-8-20-30)40-33-24-12-16-28-38-33/h3-8,17-20,32-33H,9-16,21-28H2,1-2H3. The summed E-state index contributed by atoms with van der Waals surface area (Å²) in [6.07, 6.45) is 12.8. The average molecular weight is 551 g/mol. The van der Waals surface area contributed by atoms with Gasteiger partial charge in [0.2, 0.25) is 0 Å². The lowest BCUT2D eigenvalue weighted by Crippen LogP contribution is -2.34. The molecule has 220 valence electrons. The van der Waals surface area contributed by atoms with Crippen LogP contribution >= 0.6 is 0 Å². The van der Waals surface area contributed by atoms with Crippen molar-refractivity contribution >= 4 is 5.78 Å². The summed E-state index contributed by atoms with van der Waals surface area (Å²) >= 11 is 0. The zero-order valence-electron chi connectivity index (χ0n) is 24.8. The predicted octanol–water partition coefficient (Wildman–Crippen LogP) is 8.59. The summed E-state index contributed by atoms with van der Waals surface area (Å²) in [5.74, 6) is 0.357. The molecule has 0 amide bonds. The number of unbranched alkanes of at least 4 members (excludes halogenated alkanes) is 2. The Labute approximate surface area is 241 Å². The Morgan fingerprint density at radius 2 is 1.10 bits per heavy atom. The van der Waals surface area contributed by atoms with E-state index in [0.717, 1.165) is 90.3 Å². The van der Waals surface area contributed by atoms with Crippen LogP contribution < -0.4 is 0 Å². The fourth-order valence-corrected chi connectivity index (χ4v) is 6.01. The highest BCUT2D eigenvalue weighted by molar-refractivity contribution is 5.78. The van der Waals surface area contributed by atoms with Gasteiger partial charge in [0, 0.05) is 26.1 Å². The van der Waals surface area contributed by atoms with E-state index in [9.17, 15) is 4.79 Å². The Morgan fingerprint density at radius 3 is 1.48 bits per heavy atom. The van der Waals surface area contributed by atoms with E-state index >= 15 is 0 Å². The van der Waals surface area contributed by atoms with Crippen LogP contribution in [-0.2, 0) is 34.9 Å². The second-order valence-electron chi connectivity index (χ2n) is 12.0. The van der Waals surface area contributed by atoms with E-state index in [1.165, 1.54) is 11.1 Å². The second-order valence-corrected chi connectivity index (χ2v) is 12.0. The van der Waals surface area contributed by atoms with E-state index in [4.69, 9.17) is 18.9 Å². The van der Waals surface area contributed by atoms with Crippen molar-refractivity contribution in [3.8, 4) is 0 Å². The number of hydrogen-bond acceptors (Lipinski definition) is 5. The van der Waals surface area contributed by atoms with Gasteiger partial charge in [0.25, 0.3) is 0 Å². The van der Waals surface area contributed by atoms with Crippen LogP contribution in [0.5, 0.6) is 0 Å². The zero-order chi connectivity index (χ0) is 28.1. The van der Waals surface area contributed by atoms with Gasteiger partial charge in [-0.05, 0) is 102 Å². The third-order valence-electron chi connectivity index (χ3n) is 8.55. The molecule has 0 radical (unpaired) electrons. The van der Waals surface area contributed by atoms with Crippen molar-refractivity contribution in [2.24, 2.45) is 0 Å². The van der Waals surface area contributed by atoms with Crippen LogP contribution in [0.2, 0.25) is 0 Å². The van der Waals surface area contributed by atoms with Crippen molar-refractivity contribution in [2.45, 2.75) is 128 Å². The summed E-state index contributed by atoms with van der Waals surface area (Å²) < 4.78 is 24.9. The van der Waals surface area contributed by atoms with Crippen molar-refractivity contribution in [2.75, 3.05) is 13.2 Å². The maximum absolute atomic E-state index is 12.8. The van der Waals surface area contributed by atoms with Crippen molar-refractivity contribution < 1.29 is 23.7 Å². The van der Waals surface area contributed by atoms with E-state index in [1.54, 1.807) is 0 Å². The van der Waals surface area contributed by atoms with Gasteiger partial charge in [-0.1, -0.05) is 60.7 Å². The molecule has 0 N–H and O–H groups in total. The topological polar surface area (TPSA) is 54.0 Å². The number of benzene rings is 2. The summed E-state index contributed by atoms with van der Waals surface area (Å²) in [5, 5.41) is 0. The number of carbonyl (C=O) groups excluding carboxylic acids is 1. The number of Topliss-reactive ketones (excluding diaryl/α,β-unsaturated/α-hetero) is 1. The molecule has 4 atom stereocenters. The van der Waals surface area contributed by atoms with Gasteiger partial charge in [0.15, 0.2) is 12.6 Å². The molecule has 2 saturated heterocycles. The monoisotopic (exact) mass is 550 g/mol. The van der Waals surface area contributed by atoms with Crippen LogP contribution in [0, 0.1) is 0 Å². The minimum absolute atomic E-state index is 0.143. The Bertz CT molecular complexity index is 904. The third kappa shape index (κ3) is 9.51. The molecule has 0 saturated carbocycles. The first-order valence-electron chi connectivity index (χ1n) is 15.7. The molecule has 40 heavy (non-hydrogen) atoms. The minimum Gasteiger partial charge on any atom is -0.353 e. The Hall–Kier alpha value is -2.05. The van der Waals surface area contributed by atoms with Crippen LogP contribution in [0.1, 0.15) is 115 Å². The molecule has 5 nitrogen and oxygen atoms in total. The summed E-state index contributed by atoms with van der Waals surface area (Å²) in [6, 6.07) is 20.9. The fourth-order valence-electron chi connectivity index (χ4n) is 6.01. The van der Waals surface area contributed by atoms with Crippen molar-refractivity contribution in [1.29, 1.82) is 0 Å². The molecule has 2 aliphatic rings. The quantitative estimate of drug-likeness (QED) is 0.196. The zero-order valence-corrected chi connectivity index (χ0v) is 24.8. The molecule has 0 spiro atoms. The molecular weight excluding hydrogens is 500 g/mol. The molecular formula is C35H50O5. The van der Waals surface area contributed by atoms with E-state index in [1.807, 2.05) is 12.1 Å². The molecule has 2 aromatic carbocycles. The first-order chi connectivity index (χ1) is 19.5. The summed E-state index contributed by atoms with van der Waals surface area (Å²) in [4.78, 5) is 12.8. The first kappa shape index (κ1) is 30.9. The SMILES string of the molecule is CC(CCCCC(=O)CCCCC(C)(OC1CCCCO1)c1ccccc1)(OC1CCCCO1)c1ccccc1. The second kappa shape index (κ2) is 15.8. The maximum atomic E-state index is 12.8. The number of hydrogen-bond donors (Lipinski definition) is 0. The highest BCUT2D eigenvalue weighted by Crippen LogP contribution is 2.36. The van der Waals surface area contributed by atoms with Gasteiger partial charge in [-0.15, -0.1) is 0 Å². The largest absolute Gasteiger partial charge is 0.353 e. The Balaban J connectivity index is 1.20. The molecule has 5 heteroatoms. The highest BCUT2D eigenvalue weighted by atomic mass is 16.7. The lowest BCUT2D eigenvalue weighted by molar-refractivity contribution is -0.227. The van der Waals surface area contributed by atoms with E-state index in [-0.39, 0.29) is 12.6 Å². The number of ether oxygens (including phenoxy) is 4. The lowest BCUT2D eigenvalue weighted by Gasteiger charge is -2.36. The van der Waals surface area contributed by atoms with Gasteiger partial charge in [-0.25, -0.2) is 0 Å². The van der Waals surface area contributed by atoms with Crippen LogP contribution in [-0.4, -0.2) is 31.6 Å². The van der Waals surface area contributed by atoms with Crippen molar-refractivity contribution in [3.63, 3.8) is 0 Å². The van der Waals surface area contributed by atoms with E-state index in [2.05, 4.69) is 62.4 Å². The highest BCUT2D eigenvalue weighted by Gasteiger charge is 2.33. The van der Waals surface area contributed by atoms with Gasteiger partial charge >= 0.3 is 0 Å². The molecule has 2 aromatic rings. The molecule has 2 fully saturated rings. The molecule has 2 aliphatic heterocycles. The predicted molar refractivity (Wildman–Crippen MR) is 159 cm³/mol. The molecule has 2 heterocycles. The maximum Gasteiger partial charge on any atom is 0.158 e. The first-order valence-corrected chi connectivity index (χ1v) is 15.7. The summed E-state index contributed by atoms with van der Waals surface area (Å²) in [5.41, 5.74) is 1.54. The van der Waals surface area contributed by atoms with Crippen LogP contribution in [0.25, 0.3) is 0 Å². The van der Waals surface area contributed by atoms with Crippen LogP contribution in [0.3, 0.4) is 0 Å². The lowest BCUT2D eigenvalue weighted by atomic mass is 9.88. The van der Waals surface area contributed by atoms with Gasteiger partial charge < -0.3 is 18.9 Å². The number of rotatable bonds is 16. The van der Waals surface area contributed by atoms with E-state index < -0.39 is 11.2 Å². The van der Waals surface area contributed by atoms with Crippen molar-refractivity contribution in [1.82, 2.24) is 0 Å². The smallest absolute Gasteiger partial charge is 0.158 e. The minimum atomic E-state index is -0.406. The summed E-state index contributed by atoms with van der Waals surface area (Å²) in [7, 11) is 0. The van der Waals surface area contributed by atoms with Crippen LogP contribution in [0.4, 0.5) is 0 Å². The Kier molecular flexibility index (Phi) is 12.2. The number of ketones is 1. The van der Waals surface area contributed by atoms with Crippen LogP contribution in [0.15, 0.2) is 60.7 Å². The number of carbonyl (C=O) groups is 1. The average Bonchev–Trinajstić information content (AvgIpc) is 2.99. The normalized spacial score (nSPS) is 22.8. The van der Waals surface area contributed by atoms with Crippen molar-refractivity contribution in [3.05, 3.63) is 71.8 Å². The van der Waals surface area contributed by atoms with Gasteiger partial charge in [-0.3, -0.25) is 4.79 Å². The van der Waals surface area contributed by atoms with Gasteiger partial charge in [0.1, 0.15) is 5.78 Å². The van der Waals surface area contributed by atoms with Gasteiger partial charge in [-0.2, -0.15) is 0 Å². The third-order valence-corrected chi connectivity index (χ3v) is 8.55. The molecule has 0 aromatic heterocycles. The molecule has 0 aliphatic carbocycles. The molecule has 4 unspecified atom stereocenters. The molecule has 0 bridgehead atoms. The van der Waals surface area contributed by atoms with E-state index in [0.29, 0.717) is 18.6 Å².